The zero-order valence-electron chi connectivity index (χ0n) is 22.6. The molecule has 0 bridgehead atoms. The van der Waals surface area contributed by atoms with Gasteiger partial charge in [0, 0.05) is 23.8 Å². The summed E-state index contributed by atoms with van der Waals surface area (Å²) in [5.41, 5.74) is -1.83. The minimum Gasteiger partial charge on any atom is -0.423 e. The van der Waals surface area contributed by atoms with Crippen LogP contribution in [0.2, 0.25) is 5.02 Å². The maximum atomic E-state index is 13.7. The number of nitro benzene ring substituents is 2. The molecule has 3 amide bonds. The van der Waals surface area contributed by atoms with Gasteiger partial charge in [0.05, 0.1) is 31.6 Å². The van der Waals surface area contributed by atoms with Gasteiger partial charge < -0.3 is 4.74 Å². The summed E-state index contributed by atoms with van der Waals surface area (Å²) in [4.78, 5) is 87.2. The van der Waals surface area contributed by atoms with Crippen molar-refractivity contribution < 1.29 is 38.6 Å². The van der Waals surface area contributed by atoms with Gasteiger partial charge >= 0.3 is 5.97 Å². The van der Waals surface area contributed by atoms with Crippen LogP contribution < -0.4 is 4.74 Å². The van der Waals surface area contributed by atoms with Gasteiger partial charge in [0.1, 0.15) is 17.9 Å². The Kier molecular flexibility index (Phi) is 8.15. The van der Waals surface area contributed by atoms with Crippen LogP contribution in [0.1, 0.15) is 51.8 Å². The summed E-state index contributed by atoms with van der Waals surface area (Å²) in [5.74, 6) is -4.79. The van der Waals surface area contributed by atoms with E-state index in [0.29, 0.717) is 10.0 Å². The number of rotatable bonds is 9. The number of benzene rings is 4. The molecule has 0 N–H and O–H groups in total. The van der Waals surface area contributed by atoms with E-state index in [1.54, 1.807) is 0 Å². The summed E-state index contributed by atoms with van der Waals surface area (Å²) in [6.45, 7) is -0.856. The molecule has 45 heavy (non-hydrogen) atoms. The fourth-order valence-corrected chi connectivity index (χ4v) is 4.67. The molecule has 0 aromatic heterocycles. The van der Waals surface area contributed by atoms with Crippen LogP contribution in [-0.4, -0.2) is 55.9 Å². The Morgan fingerprint density at radius 1 is 0.778 bits per heavy atom. The molecular weight excluding hydrogens is 612 g/mol. The maximum absolute atomic E-state index is 13.7. The molecule has 224 valence electrons. The number of ether oxygens (including phenoxy) is 1. The van der Waals surface area contributed by atoms with Crippen molar-refractivity contribution in [2.45, 2.75) is 0 Å². The number of carbonyl (C=O) groups excluding carboxylic acids is 5. The molecule has 0 radical (unpaired) electrons. The van der Waals surface area contributed by atoms with E-state index in [4.69, 9.17) is 16.3 Å². The van der Waals surface area contributed by atoms with Crippen LogP contribution in [0.15, 0.2) is 91.0 Å². The van der Waals surface area contributed by atoms with Crippen LogP contribution in [0.3, 0.4) is 0 Å². The molecule has 0 atom stereocenters. The summed E-state index contributed by atoms with van der Waals surface area (Å²) >= 11 is 6.20. The summed E-state index contributed by atoms with van der Waals surface area (Å²) in [7, 11) is 0. The lowest BCUT2D eigenvalue weighted by molar-refractivity contribution is -0.385. The van der Waals surface area contributed by atoms with Crippen LogP contribution in [0.4, 0.5) is 11.4 Å². The smallest absolute Gasteiger partial charge is 0.343 e. The lowest BCUT2D eigenvalue weighted by atomic mass is 10.1. The van der Waals surface area contributed by atoms with E-state index in [0.717, 1.165) is 18.2 Å². The largest absolute Gasteiger partial charge is 0.423 e. The van der Waals surface area contributed by atoms with Crippen molar-refractivity contribution in [2.75, 3.05) is 6.54 Å². The van der Waals surface area contributed by atoms with Crippen LogP contribution in [0, 0.1) is 20.2 Å². The van der Waals surface area contributed by atoms with Gasteiger partial charge in [-0.15, -0.1) is 0 Å². The van der Waals surface area contributed by atoms with Gasteiger partial charge in [-0.3, -0.25) is 39.4 Å². The minimum absolute atomic E-state index is 0.00955. The molecule has 0 aliphatic carbocycles. The number of hydrogen-bond acceptors (Lipinski definition) is 10. The second kappa shape index (κ2) is 12.1. The Hall–Kier alpha value is -6.28. The Balaban J connectivity index is 1.41. The van der Waals surface area contributed by atoms with Gasteiger partial charge in [-0.25, -0.2) is 9.80 Å². The molecule has 1 aliphatic rings. The fraction of sp³-hybridized carbons (Fsp3) is 0.0333. The molecule has 0 saturated carbocycles. The zero-order valence-corrected chi connectivity index (χ0v) is 23.4. The molecule has 5 rings (SSSR count). The minimum atomic E-state index is -1.18. The van der Waals surface area contributed by atoms with Crippen molar-refractivity contribution in [1.82, 2.24) is 10.0 Å². The SMILES string of the molecule is O=C(CN(C(=O)c1ccccc1Cl)N1C(=O)c2cccc([N+](=O)[O-])c2C1=O)c1ccc(OC(=O)c2ccc([N+](=O)[O-])cc2)cc1. The number of esters is 1. The molecule has 4 aromatic carbocycles. The molecule has 4 aromatic rings. The summed E-state index contributed by atoms with van der Waals surface area (Å²) in [6.07, 6.45) is 0. The van der Waals surface area contributed by atoms with Crippen molar-refractivity contribution in [3.05, 3.63) is 144 Å². The first kappa shape index (κ1) is 30.2. The number of carbonyl (C=O) groups is 5. The number of hydrogen-bond donors (Lipinski definition) is 0. The Labute approximate surface area is 257 Å². The zero-order chi connectivity index (χ0) is 32.4. The normalized spacial score (nSPS) is 12.0. The number of imide groups is 1. The summed E-state index contributed by atoms with van der Waals surface area (Å²) in [6, 6.07) is 19.0. The predicted molar refractivity (Wildman–Crippen MR) is 155 cm³/mol. The van der Waals surface area contributed by atoms with Gasteiger partial charge in [0.2, 0.25) is 0 Å². The third-order valence-corrected chi connectivity index (χ3v) is 6.97. The first-order valence-corrected chi connectivity index (χ1v) is 13.2. The molecule has 0 unspecified atom stereocenters. The van der Waals surface area contributed by atoms with Crippen LogP contribution in [0.25, 0.3) is 0 Å². The van der Waals surface area contributed by atoms with Gasteiger partial charge in [0.25, 0.3) is 29.1 Å². The molecule has 0 spiro atoms. The monoisotopic (exact) mass is 628 g/mol. The Bertz CT molecular complexity index is 1930. The van der Waals surface area contributed by atoms with E-state index in [1.165, 1.54) is 72.8 Å². The van der Waals surface area contributed by atoms with Crippen LogP contribution in [-0.2, 0) is 0 Å². The molecule has 1 heterocycles. The van der Waals surface area contributed by atoms with Crippen LogP contribution in [0.5, 0.6) is 5.75 Å². The van der Waals surface area contributed by atoms with Gasteiger partial charge in [-0.2, -0.15) is 5.01 Å². The molecule has 0 fully saturated rings. The predicted octanol–water partition coefficient (Wildman–Crippen LogP) is 4.91. The Morgan fingerprint density at radius 2 is 1.42 bits per heavy atom. The number of hydrazine groups is 1. The van der Waals surface area contributed by atoms with E-state index in [9.17, 15) is 44.2 Å². The molecule has 15 heteroatoms. The van der Waals surface area contributed by atoms with E-state index in [2.05, 4.69) is 0 Å². The highest BCUT2D eigenvalue weighted by atomic mass is 35.5. The number of halogens is 1. The van der Waals surface area contributed by atoms with E-state index < -0.39 is 57.1 Å². The summed E-state index contributed by atoms with van der Waals surface area (Å²) in [5, 5.41) is 23.3. The second-order valence-corrected chi connectivity index (χ2v) is 9.77. The van der Waals surface area contributed by atoms with Gasteiger partial charge in [-0.05, 0) is 54.6 Å². The molecular formula is C30H17ClN4O10. The van der Waals surface area contributed by atoms with Crippen molar-refractivity contribution >= 4 is 52.4 Å². The van der Waals surface area contributed by atoms with Crippen molar-refractivity contribution in [2.24, 2.45) is 0 Å². The lowest BCUT2D eigenvalue weighted by Gasteiger charge is -2.29. The van der Waals surface area contributed by atoms with E-state index >= 15 is 0 Å². The second-order valence-electron chi connectivity index (χ2n) is 9.36. The first-order valence-electron chi connectivity index (χ1n) is 12.8. The highest BCUT2D eigenvalue weighted by Crippen LogP contribution is 2.33. The molecule has 0 saturated heterocycles. The topological polar surface area (TPSA) is 187 Å². The quantitative estimate of drug-likeness (QED) is 0.0615. The number of nitrogens with zero attached hydrogens (tertiary/aromatic N) is 4. The number of Topliss-reactive ketones (excluding diaryl/α,β-unsaturated/α-hetero) is 1. The van der Waals surface area contributed by atoms with Crippen LogP contribution >= 0.6 is 11.6 Å². The van der Waals surface area contributed by atoms with Gasteiger partial charge in [0.15, 0.2) is 5.78 Å². The average Bonchev–Trinajstić information content (AvgIpc) is 3.29. The number of fused-ring (bicyclic) bond motifs is 1. The lowest BCUT2D eigenvalue weighted by Crippen LogP contribution is -2.51. The fourth-order valence-electron chi connectivity index (χ4n) is 4.46. The van der Waals surface area contributed by atoms with Crippen molar-refractivity contribution in [3.8, 4) is 5.75 Å². The van der Waals surface area contributed by atoms with Crippen molar-refractivity contribution in [3.63, 3.8) is 0 Å². The number of ketones is 1. The highest BCUT2D eigenvalue weighted by Gasteiger charge is 2.46. The third-order valence-electron chi connectivity index (χ3n) is 6.64. The summed E-state index contributed by atoms with van der Waals surface area (Å²) < 4.78 is 5.25. The number of nitro groups is 2. The highest BCUT2D eigenvalue weighted by molar-refractivity contribution is 6.34. The standard InChI is InChI=1S/C30H17ClN4O10/c31-23-6-2-1-4-21(23)27(37)32(33-28(38)22-5-3-7-24(35(43)44)26(22)29(33)39)16-25(36)17-10-14-20(15-11-17)45-30(40)18-8-12-19(13-9-18)34(41)42/h1-15H,16H2. The van der Waals surface area contributed by atoms with Gasteiger partial charge in [-0.1, -0.05) is 29.8 Å². The Morgan fingerprint density at radius 3 is 2.04 bits per heavy atom. The average molecular weight is 629 g/mol. The number of non-ortho nitro benzene ring substituents is 1. The van der Waals surface area contributed by atoms with Crippen molar-refractivity contribution in [1.29, 1.82) is 0 Å². The maximum Gasteiger partial charge on any atom is 0.343 e. The van der Waals surface area contributed by atoms with E-state index in [-0.39, 0.29) is 38.7 Å². The molecule has 1 aliphatic heterocycles. The third kappa shape index (κ3) is 5.85. The number of amides is 3. The first-order chi connectivity index (χ1) is 21.5. The molecule has 14 nitrogen and oxygen atoms in total. The van der Waals surface area contributed by atoms with E-state index in [1.807, 2.05) is 0 Å².